The normalized spacial score (nSPS) is 16.7. The highest BCUT2D eigenvalue weighted by Crippen LogP contribution is 2.27. The minimum Gasteiger partial charge on any atom is -0.317 e. The number of hydrogen-bond acceptors (Lipinski definition) is 4. The summed E-state index contributed by atoms with van der Waals surface area (Å²) in [5, 5.41) is 6.28. The summed E-state index contributed by atoms with van der Waals surface area (Å²) < 4.78 is 0. The summed E-state index contributed by atoms with van der Waals surface area (Å²) in [7, 11) is 0. The maximum atomic E-state index is 10.4. The van der Waals surface area contributed by atoms with Gasteiger partial charge in [0.05, 0.1) is 5.01 Å². The molecule has 0 aliphatic carbocycles. The first-order valence-corrected chi connectivity index (χ1v) is 6.53. The topological polar surface area (TPSA) is 42.0 Å². The van der Waals surface area contributed by atoms with Gasteiger partial charge in [-0.3, -0.25) is 4.79 Å². The quantitative estimate of drug-likeness (QED) is 0.643. The molecule has 3 nitrogen and oxygen atoms in total. The lowest BCUT2D eigenvalue weighted by atomic mass is 9.99. The maximum absolute atomic E-state index is 10.4. The molecule has 84 valence electrons. The summed E-state index contributed by atoms with van der Waals surface area (Å²) in [4.78, 5) is 14.7. The smallest absolute Gasteiger partial charge is 0.169 e. The molecule has 0 aromatic carbocycles. The highest BCUT2D eigenvalue weighted by Gasteiger charge is 2.17. The minimum absolute atomic E-state index is 0.569. The molecule has 0 saturated carbocycles. The number of rotatable bonds is 2. The molecule has 1 saturated heterocycles. The number of nitrogens with zero attached hydrogens (tertiary/aromatic N) is 1. The van der Waals surface area contributed by atoms with E-state index in [0.29, 0.717) is 11.6 Å². The number of carbonyl (C=O) groups excluding carboxylic acids is 1. The van der Waals surface area contributed by atoms with E-state index < -0.39 is 0 Å². The van der Waals surface area contributed by atoms with Crippen molar-refractivity contribution in [2.75, 3.05) is 19.5 Å². The lowest BCUT2D eigenvalue weighted by molar-refractivity contribution is 0.111. The van der Waals surface area contributed by atoms with Crippen molar-refractivity contribution < 1.29 is 4.79 Å². The van der Waals surface area contributed by atoms with Gasteiger partial charge in [0.15, 0.2) is 6.29 Å². The molecule has 1 aromatic heterocycles. The molecule has 0 unspecified atom stereocenters. The van der Waals surface area contributed by atoms with E-state index >= 15 is 0 Å². The van der Waals surface area contributed by atoms with Crippen LogP contribution in [0.2, 0.25) is 0 Å². The maximum Gasteiger partial charge on any atom is 0.169 e. The summed E-state index contributed by atoms with van der Waals surface area (Å²) in [5.41, 5.74) is 0.582. The highest BCUT2D eigenvalue weighted by molar-refractivity contribution is 7.09. The molecular formula is C10H15ClN2OS. The summed E-state index contributed by atoms with van der Waals surface area (Å²) in [6.07, 6.45) is 4.58. The molecule has 0 atom stereocenters. The van der Waals surface area contributed by atoms with Gasteiger partial charge in [0.25, 0.3) is 0 Å². The van der Waals surface area contributed by atoms with Crippen molar-refractivity contribution in [3.63, 3.8) is 0 Å². The molecule has 1 aliphatic rings. The van der Waals surface area contributed by atoms with Gasteiger partial charge in [-0.15, -0.1) is 22.9 Å². The summed E-state index contributed by atoms with van der Waals surface area (Å²) in [6, 6.07) is 0. The third-order valence-electron chi connectivity index (χ3n) is 2.35. The van der Waals surface area contributed by atoms with Crippen LogP contribution in [0.1, 0.15) is 34.3 Å². The molecule has 1 aliphatic heterocycles. The number of alkyl halides is 1. The second-order valence-corrected chi connectivity index (χ2v) is 4.14. The average Bonchev–Trinajstić information content (AvgIpc) is 2.81. The van der Waals surface area contributed by atoms with Gasteiger partial charge in [-0.25, -0.2) is 4.98 Å². The van der Waals surface area contributed by atoms with Crippen molar-refractivity contribution >= 4 is 29.2 Å². The zero-order valence-corrected chi connectivity index (χ0v) is 10.3. The fourth-order valence-electron chi connectivity index (χ4n) is 1.61. The molecule has 2 rings (SSSR count). The number of aromatic nitrogens is 1. The van der Waals surface area contributed by atoms with E-state index in [9.17, 15) is 4.79 Å². The Hall–Kier alpha value is -0.450. The fraction of sp³-hybridized carbons (Fsp3) is 0.600. The van der Waals surface area contributed by atoms with E-state index in [1.165, 1.54) is 6.38 Å². The Labute approximate surface area is 98.9 Å². The van der Waals surface area contributed by atoms with Crippen LogP contribution >= 0.6 is 22.9 Å². The standard InChI is InChI=1S/C9H12N2OS.CH3Cl/c12-5-8-6-13-9(11-8)7-1-3-10-4-2-7;1-2/h5-7,10H,1-4H2;1H3. The average molecular weight is 247 g/mol. The Morgan fingerprint density at radius 3 is 2.73 bits per heavy atom. The first kappa shape index (κ1) is 12.6. The number of halogens is 1. The van der Waals surface area contributed by atoms with E-state index in [0.717, 1.165) is 37.2 Å². The van der Waals surface area contributed by atoms with Crippen LogP contribution in [0.15, 0.2) is 5.38 Å². The third-order valence-corrected chi connectivity index (χ3v) is 3.37. The van der Waals surface area contributed by atoms with Gasteiger partial charge < -0.3 is 5.32 Å². The lowest BCUT2D eigenvalue weighted by Gasteiger charge is -2.20. The van der Waals surface area contributed by atoms with Gasteiger partial charge in [-0.2, -0.15) is 0 Å². The Bertz CT molecular complexity index is 297. The van der Waals surface area contributed by atoms with Crippen LogP contribution in [-0.2, 0) is 0 Å². The molecule has 0 amide bonds. The Morgan fingerprint density at radius 1 is 1.53 bits per heavy atom. The molecule has 0 spiro atoms. The molecule has 0 bridgehead atoms. The van der Waals surface area contributed by atoms with Gasteiger partial charge in [0, 0.05) is 17.7 Å². The van der Waals surface area contributed by atoms with Crippen LogP contribution in [0.3, 0.4) is 0 Å². The van der Waals surface area contributed by atoms with Gasteiger partial charge >= 0.3 is 0 Å². The van der Waals surface area contributed by atoms with Crippen LogP contribution in [0.4, 0.5) is 0 Å². The first-order valence-electron chi connectivity index (χ1n) is 4.89. The van der Waals surface area contributed by atoms with Crippen molar-refractivity contribution in [2.45, 2.75) is 18.8 Å². The summed E-state index contributed by atoms with van der Waals surface area (Å²) in [5.74, 6) is 0.569. The van der Waals surface area contributed by atoms with E-state index in [1.807, 2.05) is 5.38 Å². The van der Waals surface area contributed by atoms with E-state index in [2.05, 4.69) is 21.9 Å². The number of hydrogen-bond donors (Lipinski definition) is 1. The van der Waals surface area contributed by atoms with Crippen LogP contribution in [0, 0.1) is 0 Å². The Balaban J connectivity index is 0.000000531. The predicted molar refractivity (Wildman–Crippen MR) is 64.1 cm³/mol. The van der Waals surface area contributed by atoms with Crippen molar-refractivity contribution in [1.29, 1.82) is 0 Å². The van der Waals surface area contributed by atoms with E-state index in [1.54, 1.807) is 11.3 Å². The minimum atomic E-state index is 0.569. The van der Waals surface area contributed by atoms with Crippen LogP contribution < -0.4 is 5.32 Å². The molecular weight excluding hydrogens is 232 g/mol. The van der Waals surface area contributed by atoms with Gasteiger partial charge in [-0.1, -0.05) is 0 Å². The molecule has 5 heteroatoms. The predicted octanol–water partition coefficient (Wildman–Crippen LogP) is 2.28. The molecule has 15 heavy (non-hydrogen) atoms. The molecule has 1 N–H and O–H groups in total. The number of carbonyl (C=O) groups is 1. The Kier molecular flexibility index (Phi) is 5.83. The van der Waals surface area contributed by atoms with E-state index in [-0.39, 0.29) is 0 Å². The number of nitrogens with one attached hydrogen (secondary N) is 1. The van der Waals surface area contributed by atoms with Gasteiger partial charge in [-0.05, 0) is 25.9 Å². The first-order chi connectivity index (χ1) is 7.40. The fourth-order valence-corrected chi connectivity index (χ4v) is 2.55. The van der Waals surface area contributed by atoms with E-state index in [4.69, 9.17) is 0 Å². The highest BCUT2D eigenvalue weighted by atomic mass is 35.5. The SMILES string of the molecule is CCl.O=Cc1csc(C2CCNCC2)n1. The largest absolute Gasteiger partial charge is 0.317 e. The second kappa shape index (κ2) is 6.93. The lowest BCUT2D eigenvalue weighted by Crippen LogP contribution is -2.26. The summed E-state index contributed by atoms with van der Waals surface area (Å²) >= 11 is 6.25. The van der Waals surface area contributed by atoms with Crippen molar-refractivity contribution in [1.82, 2.24) is 10.3 Å². The monoisotopic (exact) mass is 246 g/mol. The number of aldehydes is 1. The molecule has 1 fully saturated rings. The Morgan fingerprint density at radius 2 is 2.20 bits per heavy atom. The van der Waals surface area contributed by atoms with Gasteiger partial charge in [0.1, 0.15) is 5.69 Å². The number of thiazole rings is 1. The molecule has 0 radical (unpaired) electrons. The zero-order chi connectivity index (χ0) is 11.1. The van der Waals surface area contributed by atoms with Crippen molar-refractivity contribution in [2.24, 2.45) is 0 Å². The van der Waals surface area contributed by atoms with Crippen LogP contribution in [0.25, 0.3) is 0 Å². The summed E-state index contributed by atoms with van der Waals surface area (Å²) in [6.45, 7) is 2.14. The third kappa shape index (κ3) is 3.55. The van der Waals surface area contributed by atoms with Gasteiger partial charge in [0.2, 0.25) is 0 Å². The number of piperidine rings is 1. The zero-order valence-electron chi connectivity index (χ0n) is 8.70. The molecule has 2 heterocycles. The van der Waals surface area contributed by atoms with Crippen molar-refractivity contribution in [3.8, 4) is 0 Å². The van der Waals surface area contributed by atoms with Crippen LogP contribution in [0.5, 0.6) is 0 Å². The van der Waals surface area contributed by atoms with Crippen LogP contribution in [-0.4, -0.2) is 30.7 Å². The second-order valence-electron chi connectivity index (χ2n) is 3.25. The van der Waals surface area contributed by atoms with Crippen molar-refractivity contribution in [3.05, 3.63) is 16.1 Å². The molecule has 1 aromatic rings.